The normalized spacial score (nSPS) is 12.0. The van der Waals surface area contributed by atoms with E-state index in [9.17, 15) is 13.2 Å². The van der Waals surface area contributed by atoms with E-state index in [0.29, 0.717) is 0 Å². The average Bonchev–Trinajstić information content (AvgIpc) is 2.35. The van der Waals surface area contributed by atoms with E-state index in [1.54, 1.807) is 0 Å². The lowest BCUT2D eigenvalue weighted by Gasteiger charge is -1.96. The molecule has 0 saturated heterocycles. The molecular formula is C5H5F3N2O2. The molecule has 0 aliphatic carbocycles. The molecule has 4 nitrogen and oxygen atoms in total. The van der Waals surface area contributed by atoms with Crippen LogP contribution in [0.1, 0.15) is 11.8 Å². The van der Waals surface area contributed by atoms with E-state index in [4.69, 9.17) is 5.11 Å². The van der Waals surface area contributed by atoms with Crippen LogP contribution >= 0.6 is 0 Å². The maximum Gasteiger partial charge on any atom is 0.470 e. The van der Waals surface area contributed by atoms with Gasteiger partial charge in [0.05, 0.1) is 6.61 Å². The quantitative estimate of drug-likeness (QED) is 0.728. The fourth-order valence-corrected chi connectivity index (χ4v) is 0.565. The Morgan fingerprint density at radius 1 is 1.33 bits per heavy atom. The topological polar surface area (TPSA) is 59.2 Å². The number of aromatic nitrogens is 2. The van der Waals surface area contributed by atoms with Crippen molar-refractivity contribution in [3.05, 3.63) is 11.8 Å². The average molecular weight is 182 g/mol. The summed E-state index contributed by atoms with van der Waals surface area (Å²) in [7, 11) is 0. The van der Waals surface area contributed by atoms with Gasteiger partial charge in [-0.3, -0.25) is 0 Å². The lowest BCUT2D eigenvalue weighted by Crippen LogP contribution is -2.04. The maximum atomic E-state index is 11.8. The molecule has 68 valence electrons. The smallest absolute Gasteiger partial charge is 0.417 e. The van der Waals surface area contributed by atoms with Crippen molar-refractivity contribution in [1.82, 2.24) is 10.2 Å². The third kappa shape index (κ3) is 1.94. The van der Waals surface area contributed by atoms with E-state index < -0.39 is 12.1 Å². The van der Waals surface area contributed by atoms with Crippen LogP contribution in [0.5, 0.6) is 0 Å². The minimum absolute atomic E-state index is 0.0664. The molecule has 0 aliphatic heterocycles. The van der Waals surface area contributed by atoms with Gasteiger partial charge < -0.3 is 9.52 Å². The fourth-order valence-electron chi connectivity index (χ4n) is 0.565. The molecule has 1 aromatic rings. The fraction of sp³-hybridized carbons (Fsp3) is 0.600. The highest BCUT2D eigenvalue weighted by molar-refractivity contribution is 4.85. The van der Waals surface area contributed by atoms with E-state index >= 15 is 0 Å². The van der Waals surface area contributed by atoms with Gasteiger partial charge in [0.2, 0.25) is 5.89 Å². The summed E-state index contributed by atoms with van der Waals surface area (Å²) in [5, 5.41) is 14.2. The van der Waals surface area contributed by atoms with E-state index in [1.165, 1.54) is 0 Å². The minimum Gasteiger partial charge on any atom is -0.417 e. The van der Waals surface area contributed by atoms with Crippen LogP contribution in [-0.4, -0.2) is 21.9 Å². The Morgan fingerprint density at radius 3 is 2.42 bits per heavy atom. The summed E-state index contributed by atoms with van der Waals surface area (Å²) >= 11 is 0. The van der Waals surface area contributed by atoms with Crippen molar-refractivity contribution in [2.45, 2.75) is 12.6 Å². The molecule has 0 aromatic carbocycles. The van der Waals surface area contributed by atoms with Crippen LogP contribution in [0, 0.1) is 0 Å². The number of aliphatic hydroxyl groups is 1. The van der Waals surface area contributed by atoms with Gasteiger partial charge >= 0.3 is 12.1 Å². The van der Waals surface area contributed by atoms with Crippen molar-refractivity contribution < 1.29 is 22.7 Å². The summed E-state index contributed by atoms with van der Waals surface area (Å²) in [5.74, 6) is -1.60. The molecule has 1 N–H and O–H groups in total. The van der Waals surface area contributed by atoms with Crippen molar-refractivity contribution >= 4 is 0 Å². The Morgan fingerprint density at radius 2 is 2.00 bits per heavy atom. The molecule has 1 aromatic heterocycles. The highest BCUT2D eigenvalue weighted by atomic mass is 19.4. The highest BCUT2D eigenvalue weighted by Gasteiger charge is 2.37. The zero-order chi connectivity index (χ0) is 9.19. The number of nitrogens with zero attached hydrogens (tertiary/aromatic N) is 2. The van der Waals surface area contributed by atoms with Gasteiger partial charge in [-0.2, -0.15) is 13.2 Å². The molecule has 0 aliphatic rings. The van der Waals surface area contributed by atoms with E-state index in [-0.39, 0.29) is 18.9 Å². The number of alkyl halides is 3. The second-order valence-corrected chi connectivity index (χ2v) is 1.97. The Bertz CT molecular complexity index is 257. The second-order valence-electron chi connectivity index (χ2n) is 1.97. The molecule has 0 fully saturated rings. The molecule has 0 atom stereocenters. The Balaban J connectivity index is 2.77. The van der Waals surface area contributed by atoms with Gasteiger partial charge in [0, 0.05) is 6.42 Å². The monoisotopic (exact) mass is 182 g/mol. The lowest BCUT2D eigenvalue weighted by atomic mass is 10.5. The van der Waals surface area contributed by atoms with Gasteiger partial charge in [-0.15, -0.1) is 10.2 Å². The van der Waals surface area contributed by atoms with Gasteiger partial charge in [0.15, 0.2) is 0 Å². The van der Waals surface area contributed by atoms with Crippen molar-refractivity contribution in [1.29, 1.82) is 0 Å². The van der Waals surface area contributed by atoms with Gasteiger partial charge in [-0.25, -0.2) is 0 Å². The third-order valence-electron chi connectivity index (χ3n) is 1.04. The minimum atomic E-state index is -4.61. The predicted octanol–water partition coefficient (Wildman–Crippen LogP) is 0.623. The first-order valence-electron chi connectivity index (χ1n) is 3.04. The molecule has 7 heteroatoms. The van der Waals surface area contributed by atoms with Crippen molar-refractivity contribution in [3.8, 4) is 0 Å². The number of hydrogen-bond acceptors (Lipinski definition) is 4. The molecule has 1 rings (SSSR count). The zero-order valence-electron chi connectivity index (χ0n) is 5.80. The van der Waals surface area contributed by atoms with Crippen LogP contribution in [0.15, 0.2) is 4.42 Å². The molecule has 0 spiro atoms. The molecule has 0 radical (unpaired) electrons. The van der Waals surface area contributed by atoms with Gasteiger partial charge in [-0.1, -0.05) is 0 Å². The summed E-state index contributed by atoms with van der Waals surface area (Å²) in [4.78, 5) is 0. The molecule has 0 bridgehead atoms. The van der Waals surface area contributed by atoms with Gasteiger partial charge in [0.25, 0.3) is 0 Å². The first kappa shape index (κ1) is 8.98. The molecule has 0 unspecified atom stereocenters. The summed E-state index contributed by atoms with van der Waals surface area (Å²) in [6.07, 6.45) is -4.68. The van der Waals surface area contributed by atoms with Crippen LogP contribution in [0.3, 0.4) is 0 Å². The SMILES string of the molecule is OCCc1nnc(C(F)(F)F)o1. The van der Waals surface area contributed by atoms with Crippen LogP contribution in [-0.2, 0) is 12.6 Å². The summed E-state index contributed by atoms with van der Waals surface area (Å²) < 4.78 is 39.5. The van der Waals surface area contributed by atoms with Crippen molar-refractivity contribution in [2.75, 3.05) is 6.61 Å². The zero-order valence-corrected chi connectivity index (χ0v) is 5.80. The Hall–Kier alpha value is -1.11. The first-order chi connectivity index (χ1) is 5.54. The van der Waals surface area contributed by atoms with Crippen molar-refractivity contribution in [2.24, 2.45) is 0 Å². The second kappa shape index (κ2) is 3.10. The number of hydrogen-bond donors (Lipinski definition) is 1. The van der Waals surface area contributed by atoms with Crippen LogP contribution in [0.2, 0.25) is 0 Å². The first-order valence-corrected chi connectivity index (χ1v) is 3.04. The van der Waals surface area contributed by atoms with Gasteiger partial charge in [-0.05, 0) is 0 Å². The largest absolute Gasteiger partial charge is 0.470 e. The van der Waals surface area contributed by atoms with E-state index in [2.05, 4.69) is 14.6 Å². The number of aliphatic hydroxyl groups excluding tert-OH is 1. The molecule has 0 amide bonds. The van der Waals surface area contributed by atoms with E-state index in [1.807, 2.05) is 0 Å². The maximum absolute atomic E-state index is 11.8. The standard InChI is InChI=1S/C5H5F3N2O2/c6-5(7,8)4-10-9-3(12-4)1-2-11/h11H,1-2H2. The predicted molar refractivity (Wildman–Crippen MR) is 30.1 cm³/mol. The third-order valence-corrected chi connectivity index (χ3v) is 1.04. The summed E-state index contributed by atoms with van der Waals surface area (Å²) in [5.41, 5.74) is 0. The Labute approximate surface area is 65.0 Å². The number of rotatable bonds is 2. The van der Waals surface area contributed by atoms with Crippen LogP contribution in [0.4, 0.5) is 13.2 Å². The summed E-state index contributed by atoms with van der Waals surface area (Å²) in [6.45, 7) is -0.320. The van der Waals surface area contributed by atoms with Gasteiger partial charge in [0.1, 0.15) is 0 Å². The molecular weight excluding hydrogens is 177 g/mol. The molecule has 1 heterocycles. The van der Waals surface area contributed by atoms with Crippen molar-refractivity contribution in [3.63, 3.8) is 0 Å². The molecule has 0 saturated carbocycles. The van der Waals surface area contributed by atoms with E-state index in [0.717, 1.165) is 0 Å². The highest BCUT2D eigenvalue weighted by Crippen LogP contribution is 2.27. The summed E-state index contributed by atoms with van der Waals surface area (Å²) in [6, 6.07) is 0. The molecule has 12 heavy (non-hydrogen) atoms. The Kier molecular flexibility index (Phi) is 2.32. The van der Waals surface area contributed by atoms with Crippen LogP contribution in [0.25, 0.3) is 0 Å². The lowest BCUT2D eigenvalue weighted by molar-refractivity contribution is -0.157. The van der Waals surface area contributed by atoms with Crippen LogP contribution < -0.4 is 0 Å². The number of halogens is 3.